The van der Waals surface area contributed by atoms with E-state index >= 15 is 0 Å². The van der Waals surface area contributed by atoms with Gasteiger partial charge in [0.15, 0.2) is 11.3 Å². The number of para-hydroxylation sites is 1. The third-order valence-corrected chi connectivity index (χ3v) is 4.93. The molecular formula is C22H19F2N3O2. The van der Waals surface area contributed by atoms with Gasteiger partial charge in [-0.2, -0.15) is 0 Å². The van der Waals surface area contributed by atoms with Crippen molar-refractivity contribution >= 4 is 29.1 Å². The Hall–Kier alpha value is -3.35. The first-order chi connectivity index (χ1) is 13.8. The van der Waals surface area contributed by atoms with Crippen molar-refractivity contribution in [1.82, 2.24) is 0 Å². The van der Waals surface area contributed by atoms with Crippen molar-refractivity contribution in [2.75, 3.05) is 11.4 Å². The van der Waals surface area contributed by atoms with E-state index in [9.17, 15) is 13.6 Å². The summed E-state index contributed by atoms with van der Waals surface area (Å²) in [6, 6.07) is 9.20. The summed E-state index contributed by atoms with van der Waals surface area (Å²) in [6.07, 6.45) is 3.20. The number of oxime groups is 1. The number of ketones is 1. The van der Waals surface area contributed by atoms with E-state index in [0.717, 1.165) is 11.1 Å². The molecule has 4 rings (SSSR count). The lowest BCUT2D eigenvalue weighted by Crippen LogP contribution is -2.33. The summed E-state index contributed by atoms with van der Waals surface area (Å²) >= 11 is 0. The van der Waals surface area contributed by atoms with Crippen LogP contribution in [0.1, 0.15) is 30.5 Å². The standard InChI is InChI=1S/C22H19F2N3O2/c1-13-7-8-14(19-21(28)22(2,3)29-26-19)11-15(13)18-12-27(10-9-25-18)20-16(23)5-4-6-17(20)24/h4-9,11-12H,10H2,1-3H3. The van der Waals surface area contributed by atoms with E-state index in [2.05, 4.69) is 10.1 Å². The highest BCUT2D eigenvalue weighted by Gasteiger charge is 2.40. The number of aryl methyl sites for hydroxylation is 1. The lowest BCUT2D eigenvalue weighted by molar-refractivity contribution is -0.128. The second-order valence-corrected chi connectivity index (χ2v) is 7.45. The largest absolute Gasteiger partial charge is 0.381 e. The molecule has 0 spiro atoms. The summed E-state index contributed by atoms with van der Waals surface area (Å²) in [4.78, 5) is 23.6. The summed E-state index contributed by atoms with van der Waals surface area (Å²) in [7, 11) is 0. The highest BCUT2D eigenvalue weighted by Crippen LogP contribution is 2.30. The Labute approximate surface area is 167 Å². The molecule has 2 aromatic rings. The second-order valence-electron chi connectivity index (χ2n) is 7.45. The summed E-state index contributed by atoms with van der Waals surface area (Å²) < 4.78 is 28.4. The van der Waals surface area contributed by atoms with Gasteiger partial charge in [-0.3, -0.25) is 9.79 Å². The molecule has 0 amide bonds. The molecule has 0 N–H and O–H groups in total. The molecule has 0 aromatic heterocycles. The van der Waals surface area contributed by atoms with E-state index in [-0.39, 0.29) is 23.7 Å². The Morgan fingerprint density at radius 2 is 1.86 bits per heavy atom. The Morgan fingerprint density at radius 3 is 2.52 bits per heavy atom. The molecule has 2 aromatic carbocycles. The van der Waals surface area contributed by atoms with Gasteiger partial charge in [0.05, 0.1) is 12.2 Å². The zero-order valence-electron chi connectivity index (χ0n) is 16.2. The minimum absolute atomic E-state index is 0.129. The van der Waals surface area contributed by atoms with Crippen molar-refractivity contribution in [2.24, 2.45) is 10.1 Å². The number of anilines is 1. The first kappa shape index (κ1) is 19.0. The number of hydrogen-bond donors (Lipinski definition) is 0. The molecule has 7 heteroatoms. The Bertz CT molecular complexity index is 1080. The minimum Gasteiger partial charge on any atom is -0.381 e. The van der Waals surface area contributed by atoms with Gasteiger partial charge in [0.2, 0.25) is 5.78 Å². The monoisotopic (exact) mass is 395 g/mol. The zero-order chi connectivity index (χ0) is 20.8. The van der Waals surface area contributed by atoms with Crippen LogP contribution in [0, 0.1) is 18.6 Å². The van der Waals surface area contributed by atoms with E-state index in [1.807, 2.05) is 13.0 Å². The maximum Gasteiger partial charge on any atom is 0.230 e. The van der Waals surface area contributed by atoms with Gasteiger partial charge in [0.25, 0.3) is 0 Å². The van der Waals surface area contributed by atoms with Crippen LogP contribution in [0.25, 0.3) is 5.70 Å². The van der Waals surface area contributed by atoms with Crippen LogP contribution >= 0.6 is 0 Å². The predicted molar refractivity (Wildman–Crippen MR) is 108 cm³/mol. The Balaban J connectivity index is 1.74. The van der Waals surface area contributed by atoms with Gasteiger partial charge in [0, 0.05) is 23.5 Å². The number of Topliss-reactive ketones (excluding diaryl/α,β-unsaturated/α-hetero) is 1. The van der Waals surface area contributed by atoms with Crippen LogP contribution in [0.5, 0.6) is 0 Å². The van der Waals surface area contributed by atoms with Gasteiger partial charge < -0.3 is 9.74 Å². The molecule has 0 bridgehead atoms. The van der Waals surface area contributed by atoms with Crippen molar-refractivity contribution in [3.05, 3.63) is 70.9 Å². The Morgan fingerprint density at radius 1 is 1.14 bits per heavy atom. The lowest BCUT2D eigenvalue weighted by atomic mass is 9.93. The molecule has 0 fully saturated rings. The van der Waals surface area contributed by atoms with E-state index in [0.29, 0.717) is 11.3 Å². The first-order valence-corrected chi connectivity index (χ1v) is 9.15. The molecule has 0 radical (unpaired) electrons. The van der Waals surface area contributed by atoms with Crippen LogP contribution in [0.4, 0.5) is 14.5 Å². The van der Waals surface area contributed by atoms with Crippen LogP contribution in [0.3, 0.4) is 0 Å². The summed E-state index contributed by atoms with van der Waals surface area (Å²) in [5, 5.41) is 3.94. The van der Waals surface area contributed by atoms with Gasteiger partial charge in [0.1, 0.15) is 17.3 Å². The summed E-state index contributed by atoms with van der Waals surface area (Å²) in [5.41, 5.74) is 1.89. The second kappa shape index (κ2) is 6.92. The van der Waals surface area contributed by atoms with Gasteiger partial charge in [-0.25, -0.2) is 8.78 Å². The molecule has 2 heterocycles. The molecule has 2 aliphatic rings. The lowest BCUT2D eigenvalue weighted by Gasteiger charge is -2.24. The third-order valence-electron chi connectivity index (χ3n) is 4.93. The molecular weight excluding hydrogens is 376 g/mol. The molecule has 0 aliphatic carbocycles. The fraction of sp³-hybridized carbons (Fsp3) is 0.227. The van der Waals surface area contributed by atoms with Crippen molar-refractivity contribution in [1.29, 1.82) is 0 Å². The maximum atomic E-state index is 14.2. The molecule has 0 unspecified atom stereocenters. The van der Waals surface area contributed by atoms with Crippen molar-refractivity contribution in [3.8, 4) is 0 Å². The molecule has 0 atom stereocenters. The predicted octanol–water partition coefficient (Wildman–Crippen LogP) is 4.24. The number of halogens is 2. The fourth-order valence-electron chi connectivity index (χ4n) is 3.28. The highest BCUT2D eigenvalue weighted by molar-refractivity contribution is 6.49. The molecule has 0 saturated carbocycles. The molecule has 29 heavy (non-hydrogen) atoms. The number of rotatable bonds is 3. The number of aliphatic imine (C=N–C) groups is 1. The van der Waals surface area contributed by atoms with Crippen molar-refractivity contribution in [3.63, 3.8) is 0 Å². The van der Waals surface area contributed by atoms with Crippen LogP contribution in [-0.4, -0.2) is 29.9 Å². The molecule has 2 aliphatic heterocycles. The average Bonchev–Trinajstić information content (AvgIpc) is 2.95. The zero-order valence-corrected chi connectivity index (χ0v) is 16.2. The average molecular weight is 395 g/mol. The summed E-state index contributed by atoms with van der Waals surface area (Å²) in [6.45, 7) is 5.47. The Kier molecular flexibility index (Phi) is 4.53. The minimum atomic E-state index is -0.998. The topological polar surface area (TPSA) is 54.3 Å². The van der Waals surface area contributed by atoms with Gasteiger partial charge in [-0.15, -0.1) is 0 Å². The number of hydrogen-bond acceptors (Lipinski definition) is 5. The van der Waals surface area contributed by atoms with Crippen LogP contribution in [0.2, 0.25) is 0 Å². The number of nitrogens with zero attached hydrogens (tertiary/aromatic N) is 3. The first-order valence-electron chi connectivity index (χ1n) is 9.15. The maximum absolute atomic E-state index is 14.2. The van der Waals surface area contributed by atoms with E-state index in [1.165, 1.54) is 23.1 Å². The quantitative estimate of drug-likeness (QED) is 0.781. The molecule has 148 valence electrons. The summed E-state index contributed by atoms with van der Waals surface area (Å²) in [5.74, 6) is -1.50. The van der Waals surface area contributed by atoms with Crippen LogP contribution in [-0.2, 0) is 9.63 Å². The molecule has 5 nitrogen and oxygen atoms in total. The van der Waals surface area contributed by atoms with Crippen LogP contribution < -0.4 is 4.90 Å². The SMILES string of the molecule is Cc1ccc(C2=NOC(C)(C)C2=O)cc1C1=CN(c2c(F)cccc2F)CC=N1. The van der Waals surface area contributed by atoms with E-state index in [1.54, 1.807) is 38.4 Å². The number of carbonyl (C=O) groups excluding carboxylic acids is 1. The number of benzene rings is 2. The number of carbonyl (C=O) groups is 1. The molecule has 0 saturated heterocycles. The van der Waals surface area contributed by atoms with E-state index in [4.69, 9.17) is 4.84 Å². The van der Waals surface area contributed by atoms with E-state index < -0.39 is 17.2 Å². The normalized spacial score (nSPS) is 17.8. The van der Waals surface area contributed by atoms with Gasteiger partial charge in [-0.1, -0.05) is 23.4 Å². The highest BCUT2D eigenvalue weighted by atomic mass is 19.1. The van der Waals surface area contributed by atoms with Crippen molar-refractivity contribution in [2.45, 2.75) is 26.4 Å². The smallest absolute Gasteiger partial charge is 0.230 e. The van der Waals surface area contributed by atoms with Gasteiger partial charge >= 0.3 is 0 Å². The van der Waals surface area contributed by atoms with Crippen LogP contribution in [0.15, 0.2) is 52.7 Å². The third kappa shape index (κ3) is 3.33. The van der Waals surface area contributed by atoms with Gasteiger partial charge in [-0.05, 0) is 44.5 Å². The fourth-order valence-corrected chi connectivity index (χ4v) is 3.28. The van der Waals surface area contributed by atoms with Crippen molar-refractivity contribution < 1.29 is 18.4 Å².